The van der Waals surface area contributed by atoms with E-state index >= 15 is 0 Å². The first-order valence-corrected chi connectivity index (χ1v) is 11.4. The topological polar surface area (TPSA) is 107 Å². The molecular weight excluding hydrogens is 442 g/mol. The molecule has 0 atom stereocenters. The fourth-order valence-corrected chi connectivity index (χ4v) is 4.13. The Kier molecular flexibility index (Phi) is 6.84. The van der Waals surface area contributed by atoms with Crippen LogP contribution in [0.1, 0.15) is 21.5 Å². The molecule has 4 aromatic rings. The summed E-state index contributed by atoms with van der Waals surface area (Å²) in [6, 6.07) is 17.0. The largest absolute Gasteiger partial charge is 0.465 e. The van der Waals surface area contributed by atoms with Crippen LogP contribution < -0.4 is 16.0 Å². The summed E-state index contributed by atoms with van der Waals surface area (Å²) in [6.45, 7) is 5.16. The van der Waals surface area contributed by atoms with Gasteiger partial charge < -0.3 is 20.6 Å². The lowest BCUT2D eigenvalue weighted by molar-refractivity contribution is 0.0952. The summed E-state index contributed by atoms with van der Waals surface area (Å²) < 4.78 is 0. The second-order valence-electron chi connectivity index (χ2n) is 8.86. The molecule has 8 heteroatoms. The summed E-state index contributed by atoms with van der Waals surface area (Å²) >= 11 is 0. The number of anilines is 3. The fraction of sp³-hybridized carbons (Fsp3) is 0.222. The molecule has 4 rings (SSSR count). The highest BCUT2D eigenvalue weighted by Crippen LogP contribution is 2.36. The molecule has 1 heterocycles. The third-order valence-electron chi connectivity index (χ3n) is 5.72. The molecule has 0 radical (unpaired) electrons. The second-order valence-corrected chi connectivity index (χ2v) is 8.86. The zero-order chi connectivity index (χ0) is 25.1. The van der Waals surface area contributed by atoms with E-state index in [1.54, 1.807) is 18.2 Å². The molecule has 0 saturated carbocycles. The Bertz CT molecular complexity index is 1430. The molecular formula is C27H29N5O3. The van der Waals surface area contributed by atoms with E-state index in [1.807, 2.05) is 69.2 Å². The SMILES string of the molecule is Cc1cc(NC(=O)O)cc(Nc2c3cccc(C)c3nc3c(C(=O)NCCN(C)C)cccc23)c1. The zero-order valence-corrected chi connectivity index (χ0v) is 20.3. The molecule has 0 unspecified atom stereocenters. The maximum atomic E-state index is 13.1. The predicted octanol–water partition coefficient (Wildman–Crippen LogP) is 5.13. The van der Waals surface area contributed by atoms with E-state index in [9.17, 15) is 9.59 Å². The van der Waals surface area contributed by atoms with E-state index in [-0.39, 0.29) is 5.91 Å². The molecule has 0 fully saturated rings. The Morgan fingerprint density at radius 2 is 1.63 bits per heavy atom. The Balaban J connectivity index is 1.86. The smallest absolute Gasteiger partial charge is 0.409 e. The highest BCUT2D eigenvalue weighted by molar-refractivity contribution is 6.15. The number of hydrogen-bond donors (Lipinski definition) is 4. The van der Waals surface area contributed by atoms with Gasteiger partial charge in [-0.3, -0.25) is 10.1 Å². The molecule has 0 spiro atoms. The lowest BCUT2D eigenvalue weighted by Crippen LogP contribution is -2.31. The second kappa shape index (κ2) is 9.99. The van der Waals surface area contributed by atoms with E-state index in [4.69, 9.17) is 10.1 Å². The summed E-state index contributed by atoms with van der Waals surface area (Å²) in [5.41, 5.74) is 5.81. The quantitative estimate of drug-likeness (QED) is 0.279. The first kappa shape index (κ1) is 24.0. The molecule has 180 valence electrons. The molecule has 2 amide bonds. The Morgan fingerprint density at radius 3 is 2.34 bits per heavy atom. The highest BCUT2D eigenvalue weighted by atomic mass is 16.4. The van der Waals surface area contributed by atoms with E-state index in [2.05, 4.69) is 16.0 Å². The minimum Gasteiger partial charge on any atom is -0.465 e. The van der Waals surface area contributed by atoms with Crippen molar-refractivity contribution >= 4 is 50.9 Å². The van der Waals surface area contributed by atoms with Crippen molar-refractivity contribution in [2.45, 2.75) is 13.8 Å². The molecule has 0 bridgehead atoms. The van der Waals surface area contributed by atoms with Crippen LogP contribution in [0.5, 0.6) is 0 Å². The number of pyridine rings is 1. The zero-order valence-electron chi connectivity index (χ0n) is 20.3. The monoisotopic (exact) mass is 471 g/mol. The van der Waals surface area contributed by atoms with Crippen molar-refractivity contribution in [3.63, 3.8) is 0 Å². The van der Waals surface area contributed by atoms with Crippen LogP contribution in [0.3, 0.4) is 0 Å². The van der Waals surface area contributed by atoms with Gasteiger partial charge in [0.15, 0.2) is 0 Å². The summed E-state index contributed by atoms with van der Waals surface area (Å²) in [5.74, 6) is -0.174. The number of aryl methyl sites for hydroxylation is 2. The van der Waals surface area contributed by atoms with Crippen LogP contribution in [0.4, 0.5) is 21.9 Å². The van der Waals surface area contributed by atoms with Crippen molar-refractivity contribution in [3.05, 3.63) is 71.3 Å². The first-order valence-electron chi connectivity index (χ1n) is 11.4. The summed E-state index contributed by atoms with van der Waals surface area (Å²) in [6.07, 6.45) is -1.12. The molecule has 0 aliphatic rings. The van der Waals surface area contributed by atoms with E-state index in [0.717, 1.165) is 45.3 Å². The van der Waals surface area contributed by atoms with Gasteiger partial charge in [-0.05, 0) is 63.3 Å². The van der Waals surface area contributed by atoms with E-state index in [0.29, 0.717) is 23.3 Å². The van der Waals surface area contributed by atoms with E-state index in [1.165, 1.54) is 0 Å². The molecule has 8 nitrogen and oxygen atoms in total. The standard InChI is InChI=1S/C27H29N5O3/c1-16-13-18(15-19(14-16)30-27(34)35)29-24-20-8-5-7-17(2)23(20)31-25-21(24)9-6-10-22(25)26(33)28-11-12-32(3)4/h5-10,13-15,30H,11-12H2,1-4H3,(H,28,33)(H,29,31)(H,34,35). The average molecular weight is 472 g/mol. The molecule has 0 aliphatic carbocycles. The minimum absolute atomic E-state index is 0.174. The third-order valence-corrected chi connectivity index (χ3v) is 5.72. The number of rotatable bonds is 7. The number of aromatic nitrogens is 1. The number of carboxylic acid groups (broad SMARTS) is 1. The van der Waals surface area contributed by atoms with Gasteiger partial charge in [-0.2, -0.15) is 0 Å². The van der Waals surface area contributed by atoms with Crippen LogP contribution in [-0.2, 0) is 0 Å². The van der Waals surface area contributed by atoms with Crippen molar-refractivity contribution in [1.29, 1.82) is 0 Å². The summed E-state index contributed by atoms with van der Waals surface area (Å²) in [7, 11) is 3.92. The number of para-hydroxylation sites is 2. The minimum atomic E-state index is -1.12. The van der Waals surface area contributed by atoms with Crippen molar-refractivity contribution in [2.24, 2.45) is 0 Å². The fourth-order valence-electron chi connectivity index (χ4n) is 4.13. The number of benzene rings is 3. The van der Waals surface area contributed by atoms with Gasteiger partial charge in [-0.1, -0.05) is 30.3 Å². The van der Waals surface area contributed by atoms with Crippen LogP contribution in [-0.4, -0.2) is 54.2 Å². The van der Waals surface area contributed by atoms with Crippen LogP contribution >= 0.6 is 0 Å². The lowest BCUT2D eigenvalue weighted by atomic mass is 10.0. The van der Waals surface area contributed by atoms with Crippen LogP contribution in [0.2, 0.25) is 0 Å². The Morgan fingerprint density at radius 1 is 0.943 bits per heavy atom. The first-order chi connectivity index (χ1) is 16.7. The normalized spacial score (nSPS) is 11.1. The number of likely N-dealkylation sites (N-methyl/N-ethyl adjacent to an activating group) is 1. The van der Waals surface area contributed by atoms with Gasteiger partial charge in [0.05, 0.1) is 22.3 Å². The van der Waals surface area contributed by atoms with Crippen LogP contribution in [0.15, 0.2) is 54.6 Å². The summed E-state index contributed by atoms with van der Waals surface area (Å²) in [4.78, 5) is 31.2. The van der Waals surface area contributed by atoms with Gasteiger partial charge in [0.2, 0.25) is 0 Å². The van der Waals surface area contributed by atoms with Gasteiger partial charge in [0, 0.05) is 35.2 Å². The van der Waals surface area contributed by atoms with Crippen molar-refractivity contribution < 1.29 is 14.7 Å². The molecule has 35 heavy (non-hydrogen) atoms. The average Bonchev–Trinajstić information content (AvgIpc) is 2.78. The molecule has 0 saturated heterocycles. The molecule has 0 aliphatic heterocycles. The number of nitrogens with zero attached hydrogens (tertiary/aromatic N) is 2. The van der Waals surface area contributed by atoms with Crippen LogP contribution in [0, 0.1) is 13.8 Å². The number of amides is 2. The lowest BCUT2D eigenvalue weighted by Gasteiger charge is -2.17. The number of carbonyl (C=O) groups is 2. The molecule has 4 N–H and O–H groups in total. The summed E-state index contributed by atoms with van der Waals surface area (Å²) in [5, 5.41) is 19.7. The van der Waals surface area contributed by atoms with Gasteiger partial charge in [0.1, 0.15) is 0 Å². The van der Waals surface area contributed by atoms with Crippen molar-refractivity contribution in [1.82, 2.24) is 15.2 Å². The number of hydrogen-bond acceptors (Lipinski definition) is 5. The number of carbonyl (C=O) groups excluding carboxylic acids is 1. The van der Waals surface area contributed by atoms with Crippen molar-refractivity contribution in [2.75, 3.05) is 37.8 Å². The van der Waals surface area contributed by atoms with Gasteiger partial charge in [-0.25, -0.2) is 9.78 Å². The Hall–Kier alpha value is -4.17. The van der Waals surface area contributed by atoms with Crippen LogP contribution in [0.25, 0.3) is 21.8 Å². The van der Waals surface area contributed by atoms with Gasteiger partial charge in [-0.15, -0.1) is 0 Å². The number of fused-ring (bicyclic) bond motifs is 2. The molecule has 1 aromatic heterocycles. The maximum Gasteiger partial charge on any atom is 0.409 e. The Labute approximate surface area is 204 Å². The number of nitrogens with one attached hydrogen (secondary N) is 3. The van der Waals surface area contributed by atoms with Crippen molar-refractivity contribution in [3.8, 4) is 0 Å². The molecule has 3 aromatic carbocycles. The predicted molar refractivity (Wildman–Crippen MR) is 141 cm³/mol. The van der Waals surface area contributed by atoms with Gasteiger partial charge in [0.25, 0.3) is 5.91 Å². The third kappa shape index (κ3) is 5.33. The van der Waals surface area contributed by atoms with Gasteiger partial charge >= 0.3 is 6.09 Å². The highest BCUT2D eigenvalue weighted by Gasteiger charge is 2.17. The maximum absolute atomic E-state index is 13.1. The van der Waals surface area contributed by atoms with E-state index < -0.39 is 6.09 Å².